The van der Waals surface area contributed by atoms with Crippen molar-refractivity contribution in [2.45, 2.75) is 32.2 Å². The van der Waals surface area contributed by atoms with Crippen LogP contribution in [0.2, 0.25) is 0 Å². The summed E-state index contributed by atoms with van der Waals surface area (Å²) in [7, 11) is 0. The number of nitrogens with one attached hydrogen (secondary N) is 1. The van der Waals surface area contributed by atoms with Gasteiger partial charge >= 0.3 is 0 Å². The molecule has 3 N–H and O–H groups in total. The van der Waals surface area contributed by atoms with Crippen molar-refractivity contribution in [3.63, 3.8) is 0 Å². The fraction of sp³-hybridized carbons (Fsp3) is 0.533. The standard InChI is InChI=1S/C15H22N2O2/c1-10(2)15(3,9-16)17-14(18)12-8-19-13-7-5-4-6-11(12)13/h4-7,10,12H,8-9,16H2,1-3H3,(H,17,18). The molecule has 2 atom stereocenters. The molecule has 104 valence electrons. The average Bonchev–Trinajstić information content (AvgIpc) is 2.82. The summed E-state index contributed by atoms with van der Waals surface area (Å²) < 4.78 is 5.55. The number of amides is 1. The van der Waals surface area contributed by atoms with E-state index in [1.165, 1.54) is 0 Å². The fourth-order valence-electron chi connectivity index (χ4n) is 2.18. The third-order valence-corrected chi connectivity index (χ3v) is 4.12. The quantitative estimate of drug-likeness (QED) is 0.867. The lowest BCUT2D eigenvalue weighted by Crippen LogP contribution is -2.56. The Kier molecular flexibility index (Phi) is 3.80. The van der Waals surface area contributed by atoms with E-state index >= 15 is 0 Å². The molecule has 1 aliphatic heterocycles. The second-order valence-electron chi connectivity index (χ2n) is 5.67. The minimum absolute atomic E-state index is 0.00778. The first-order chi connectivity index (χ1) is 8.98. The highest BCUT2D eigenvalue weighted by Gasteiger charge is 2.35. The van der Waals surface area contributed by atoms with Crippen LogP contribution < -0.4 is 15.8 Å². The van der Waals surface area contributed by atoms with Crippen molar-refractivity contribution in [1.82, 2.24) is 5.32 Å². The summed E-state index contributed by atoms with van der Waals surface area (Å²) in [6, 6.07) is 7.69. The van der Waals surface area contributed by atoms with Gasteiger partial charge in [0.15, 0.2) is 0 Å². The molecule has 0 saturated heterocycles. The van der Waals surface area contributed by atoms with Crippen LogP contribution in [0.1, 0.15) is 32.3 Å². The van der Waals surface area contributed by atoms with Gasteiger partial charge in [0, 0.05) is 12.1 Å². The Balaban J connectivity index is 2.14. The van der Waals surface area contributed by atoms with Crippen LogP contribution in [0.4, 0.5) is 0 Å². The molecule has 1 aromatic carbocycles. The van der Waals surface area contributed by atoms with E-state index in [4.69, 9.17) is 10.5 Å². The smallest absolute Gasteiger partial charge is 0.231 e. The molecule has 2 rings (SSSR count). The number of carbonyl (C=O) groups is 1. The van der Waals surface area contributed by atoms with Gasteiger partial charge in [-0.2, -0.15) is 0 Å². The maximum Gasteiger partial charge on any atom is 0.231 e. The largest absolute Gasteiger partial charge is 0.492 e. The molecule has 4 nitrogen and oxygen atoms in total. The van der Waals surface area contributed by atoms with E-state index in [-0.39, 0.29) is 23.3 Å². The minimum atomic E-state index is -0.380. The van der Waals surface area contributed by atoms with E-state index in [2.05, 4.69) is 19.2 Å². The van der Waals surface area contributed by atoms with Crippen LogP contribution in [-0.4, -0.2) is 24.6 Å². The van der Waals surface area contributed by atoms with Crippen LogP contribution in [-0.2, 0) is 4.79 Å². The molecule has 0 aromatic heterocycles. The predicted molar refractivity (Wildman–Crippen MR) is 75.1 cm³/mol. The van der Waals surface area contributed by atoms with Crippen LogP contribution in [0.15, 0.2) is 24.3 Å². The number of hydrogen-bond acceptors (Lipinski definition) is 3. The van der Waals surface area contributed by atoms with Crippen molar-refractivity contribution < 1.29 is 9.53 Å². The van der Waals surface area contributed by atoms with Crippen LogP contribution in [0.25, 0.3) is 0 Å². The Bertz CT molecular complexity index is 473. The molecule has 1 aromatic rings. The van der Waals surface area contributed by atoms with Crippen molar-refractivity contribution in [3.05, 3.63) is 29.8 Å². The number of benzene rings is 1. The summed E-state index contributed by atoms with van der Waals surface area (Å²) in [6.07, 6.45) is 0. The van der Waals surface area contributed by atoms with E-state index in [0.717, 1.165) is 11.3 Å². The maximum atomic E-state index is 12.4. The third kappa shape index (κ3) is 2.59. The monoisotopic (exact) mass is 262 g/mol. The van der Waals surface area contributed by atoms with E-state index in [0.29, 0.717) is 13.2 Å². The van der Waals surface area contributed by atoms with Gasteiger partial charge in [0.25, 0.3) is 0 Å². The van der Waals surface area contributed by atoms with Gasteiger partial charge in [-0.3, -0.25) is 4.79 Å². The first-order valence-electron chi connectivity index (χ1n) is 6.72. The summed E-state index contributed by atoms with van der Waals surface area (Å²) >= 11 is 0. The van der Waals surface area contributed by atoms with Gasteiger partial charge in [-0.1, -0.05) is 32.0 Å². The third-order valence-electron chi connectivity index (χ3n) is 4.12. The molecule has 0 fully saturated rings. The minimum Gasteiger partial charge on any atom is -0.492 e. The predicted octanol–water partition coefficient (Wildman–Crippen LogP) is 1.65. The molecule has 0 radical (unpaired) electrons. The van der Waals surface area contributed by atoms with Crippen LogP contribution in [0.5, 0.6) is 5.75 Å². The van der Waals surface area contributed by atoms with Crippen LogP contribution in [0.3, 0.4) is 0 Å². The van der Waals surface area contributed by atoms with Crippen molar-refractivity contribution in [2.75, 3.05) is 13.2 Å². The molecule has 1 aliphatic rings. The van der Waals surface area contributed by atoms with Gasteiger partial charge < -0.3 is 15.8 Å². The number of hydrogen-bond donors (Lipinski definition) is 2. The average molecular weight is 262 g/mol. The Morgan fingerprint density at radius 1 is 1.53 bits per heavy atom. The van der Waals surface area contributed by atoms with Gasteiger partial charge in [0.1, 0.15) is 18.3 Å². The molecular formula is C15H22N2O2. The molecule has 0 saturated carbocycles. The Labute approximate surface area is 114 Å². The van der Waals surface area contributed by atoms with E-state index < -0.39 is 0 Å². The second kappa shape index (κ2) is 5.21. The highest BCUT2D eigenvalue weighted by molar-refractivity contribution is 5.86. The maximum absolute atomic E-state index is 12.4. The summed E-state index contributed by atoms with van der Waals surface area (Å²) in [5.41, 5.74) is 6.38. The lowest BCUT2D eigenvalue weighted by atomic mass is 9.87. The lowest BCUT2D eigenvalue weighted by Gasteiger charge is -2.34. The topological polar surface area (TPSA) is 64.3 Å². The van der Waals surface area contributed by atoms with Crippen molar-refractivity contribution in [1.29, 1.82) is 0 Å². The molecule has 4 heteroatoms. The Hall–Kier alpha value is -1.55. The number of carbonyl (C=O) groups excluding carboxylic acids is 1. The zero-order valence-corrected chi connectivity index (χ0v) is 11.8. The first-order valence-corrected chi connectivity index (χ1v) is 6.72. The highest BCUT2D eigenvalue weighted by Crippen LogP contribution is 2.34. The molecule has 2 unspecified atom stereocenters. The van der Waals surface area contributed by atoms with Gasteiger partial charge in [-0.15, -0.1) is 0 Å². The second-order valence-corrected chi connectivity index (χ2v) is 5.67. The number of para-hydroxylation sites is 1. The van der Waals surface area contributed by atoms with Crippen molar-refractivity contribution in [2.24, 2.45) is 11.7 Å². The number of rotatable bonds is 4. The molecule has 19 heavy (non-hydrogen) atoms. The summed E-state index contributed by atoms with van der Waals surface area (Å²) in [5.74, 6) is 0.841. The summed E-state index contributed by atoms with van der Waals surface area (Å²) in [6.45, 7) is 6.94. The molecular weight excluding hydrogens is 240 g/mol. The normalized spacial score (nSPS) is 20.6. The van der Waals surface area contributed by atoms with E-state index in [1.54, 1.807) is 0 Å². The van der Waals surface area contributed by atoms with Crippen LogP contribution >= 0.6 is 0 Å². The SMILES string of the molecule is CC(C)C(C)(CN)NC(=O)C1COc2ccccc21. The zero-order chi connectivity index (χ0) is 14.0. The number of fused-ring (bicyclic) bond motifs is 1. The van der Waals surface area contributed by atoms with Crippen molar-refractivity contribution in [3.8, 4) is 5.75 Å². The van der Waals surface area contributed by atoms with Gasteiger partial charge in [0.05, 0.1) is 5.54 Å². The van der Waals surface area contributed by atoms with E-state index in [9.17, 15) is 4.79 Å². The fourth-order valence-corrected chi connectivity index (χ4v) is 2.18. The Morgan fingerprint density at radius 2 is 2.21 bits per heavy atom. The van der Waals surface area contributed by atoms with Crippen molar-refractivity contribution >= 4 is 5.91 Å². The van der Waals surface area contributed by atoms with E-state index in [1.807, 2.05) is 31.2 Å². The number of nitrogens with two attached hydrogens (primary N) is 1. The summed E-state index contributed by atoms with van der Waals surface area (Å²) in [4.78, 5) is 12.4. The molecule has 0 spiro atoms. The molecule has 1 heterocycles. The number of ether oxygens (including phenoxy) is 1. The first kappa shape index (κ1) is 13.9. The van der Waals surface area contributed by atoms with Gasteiger partial charge in [0.2, 0.25) is 5.91 Å². The highest BCUT2D eigenvalue weighted by atomic mass is 16.5. The Morgan fingerprint density at radius 3 is 2.84 bits per heavy atom. The molecule has 0 bridgehead atoms. The molecule has 1 amide bonds. The van der Waals surface area contributed by atoms with Crippen LogP contribution in [0, 0.1) is 5.92 Å². The zero-order valence-electron chi connectivity index (χ0n) is 11.8. The van der Waals surface area contributed by atoms with Gasteiger partial charge in [-0.05, 0) is 18.9 Å². The molecule has 0 aliphatic carbocycles. The lowest BCUT2D eigenvalue weighted by molar-refractivity contribution is -0.125. The summed E-state index contributed by atoms with van der Waals surface area (Å²) in [5, 5.41) is 3.08. The van der Waals surface area contributed by atoms with Gasteiger partial charge in [-0.25, -0.2) is 0 Å².